The lowest BCUT2D eigenvalue weighted by Crippen LogP contribution is -2.56. The largest absolute Gasteiger partial charge is 0.313 e. The fourth-order valence-corrected chi connectivity index (χ4v) is 3.56. The highest BCUT2D eigenvalue weighted by Gasteiger charge is 2.29. The van der Waals surface area contributed by atoms with Gasteiger partial charge in [0.2, 0.25) is 0 Å². The lowest BCUT2D eigenvalue weighted by atomic mass is 9.90. The van der Waals surface area contributed by atoms with E-state index in [1.54, 1.807) is 0 Å². The Bertz CT molecular complexity index is 224. The molecule has 1 saturated heterocycles. The van der Waals surface area contributed by atoms with Gasteiger partial charge in [-0.1, -0.05) is 32.6 Å². The van der Waals surface area contributed by atoms with E-state index in [1.165, 1.54) is 64.7 Å². The van der Waals surface area contributed by atoms with Crippen LogP contribution in [0.3, 0.4) is 0 Å². The van der Waals surface area contributed by atoms with Crippen molar-refractivity contribution in [2.75, 3.05) is 39.8 Å². The van der Waals surface area contributed by atoms with Crippen LogP contribution in [0.25, 0.3) is 0 Å². The molecule has 1 aliphatic heterocycles. The summed E-state index contributed by atoms with van der Waals surface area (Å²) in [6.07, 6.45) is 8.52. The van der Waals surface area contributed by atoms with Gasteiger partial charge in [0.15, 0.2) is 0 Å². The molecular weight excluding hydrogens is 222 g/mol. The molecule has 0 aromatic heterocycles. The summed E-state index contributed by atoms with van der Waals surface area (Å²) in [6, 6.07) is 1.53. The summed E-state index contributed by atoms with van der Waals surface area (Å²) in [7, 11) is 2.25. The van der Waals surface area contributed by atoms with Crippen LogP contribution < -0.4 is 5.32 Å². The summed E-state index contributed by atoms with van der Waals surface area (Å²) in [6.45, 7) is 8.39. The van der Waals surface area contributed by atoms with Crippen molar-refractivity contribution in [3.8, 4) is 0 Å². The summed E-state index contributed by atoms with van der Waals surface area (Å²) in [5, 5.41) is 3.76. The number of nitrogens with one attached hydrogen (secondary N) is 1. The van der Waals surface area contributed by atoms with Gasteiger partial charge in [-0.2, -0.15) is 0 Å². The Morgan fingerprint density at radius 3 is 2.28 bits per heavy atom. The fraction of sp³-hybridized carbons (Fsp3) is 1.00. The molecule has 18 heavy (non-hydrogen) atoms. The molecule has 0 aromatic carbocycles. The van der Waals surface area contributed by atoms with Crippen LogP contribution >= 0.6 is 0 Å². The van der Waals surface area contributed by atoms with Crippen LogP contribution in [0.4, 0.5) is 0 Å². The summed E-state index contributed by atoms with van der Waals surface area (Å²) < 4.78 is 0. The molecule has 3 heteroatoms. The highest BCUT2D eigenvalue weighted by Crippen LogP contribution is 2.23. The van der Waals surface area contributed by atoms with Gasteiger partial charge < -0.3 is 10.2 Å². The molecule has 2 unspecified atom stereocenters. The van der Waals surface area contributed by atoms with Gasteiger partial charge in [0.05, 0.1) is 0 Å². The van der Waals surface area contributed by atoms with Crippen LogP contribution in [0.5, 0.6) is 0 Å². The fourth-order valence-electron chi connectivity index (χ4n) is 3.56. The van der Waals surface area contributed by atoms with E-state index < -0.39 is 0 Å². The van der Waals surface area contributed by atoms with Crippen LogP contribution in [0.1, 0.15) is 45.4 Å². The summed E-state index contributed by atoms with van der Waals surface area (Å²) in [5.41, 5.74) is 0. The number of hydrogen-bond acceptors (Lipinski definition) is 3. The normalized spacial score (nSPS) is 33.0. The van der Waals surface area contributed by atoms with Crippen molar-refractivity contribution in [3.63, 3.8) is 0 Å². The van der Waals surface area contributed by atoms with E-state index in [9.17, 15) is 0 Å². The highest BCUT2D eigenvalue weighted by molar-refractivity contribution is 4.88. The molecule has 1 N–H and O–H groups in total. The quantitative estimate of drug-likeness (QED) is 0.829. The molecule has 2 aliphatic rings. The third-order valence-electron chi connectivity index (χ3n) is 4.70. The average Bonchev–Trinajstić information content (AvgIpc) is 2.35. The Kier molecular flexibility index (Phi) is 5.93. The Hall–Kier alpha value is -0.120. The molecule has 1 saturated carbocycles. The standard InChI is InChI=1S/C15H31N3/c1-3-16-14-8-6-4-5-7-9-15(14)18-12-10-17(2)11-13-18/h14-16H,3-13H2,1-2H3. The minimum absolute atomic E-state index is 0.735. The minimum atomic E-state index is 0.735. The summed E-state index contributed by atoms with van der Waals surface area (Å²) >= 11 is 0. The summed E-state index contributed by atoms with van der Waals surface area (Å²) in [5.74, 6) is 0. The zero-order valence-electron chi connectivity index (χ0n) is 12.3. The molecule has 2 rings (SSSR count). The van der Waals surface area contributed by atoms with Crippen molar-refractivity contribution >= 4 is 0 Å². The van der Waals surface area contributed by atoms with Gasteiger partial charge in [0.1, 0.15) is 0 Å². The maximum absolute atomic E-state index is 3.76. The van der Waals surface area contributed by atoms with Crippen LogP contribution in [0, 0.1) is 0 Å². The van der Waals surface area contributed by atoms with Crippen LogP contribution in [0.2, 0.25) is 0 Å². The van der Waals surface area contributed by atoms with Crippen molar-refractivity contribution in [2.24, 2.45) is 0 Å². The Balaban J connectivity index is 1.94. The molecule has 2 atom stereocenters. The third kappa shape index (κ3) is 3.94. The van der Waals surface area contributed by atoms with E-state index in [1.807, 2.05) is 0 Å². The predicted octanol–water partition coefficient (Wildman–Crippen LogP) is 1.93. The lowest BCUT2D eigenvalue weighted by molar-refractivity contribution is 0.0786. The van der Waals surface area contributed by atoms with Gasteiger partial charge in [-0.25, -0.2) is 0 Å². The van der Waals surface area contributed by atoms with Crippen molar-refractivity contribution in [2.45, 2.75) is 57.5 Å². The first-order chi connectivity index (χ1) is 8.81. The molecule has 0 bridgehead atoms. The molecule has 3 nitrogen and oxygen atoms in total. The zero-order chi connectivity index (χ0) is 12.8. The number of nitrogens with zero attached hydrogens (tertiary/aromatic N) is 2. The lowest BCUT2D eigenvalue weighted by Gasteiger charge is -2.42. The molecular formula is C15H31N3. The monoisotopic (exact) mass is 253 g/mol. The third-order valence-corrected chi connectivity index (χ3v) is 4.70. The first-order valence-corrected chi connectivity index (χ1v) is 7.97. The van der Waals surface area contributed by atoms with Crippen molar-refractivity contribution < 1.29 is 0 Å². The van der Waals surface area contributed by atoms with Crippen molar-refractivity contribution in [1.29, 1.82) is 0 Å². The number of piperazine rings is 1. The van der Waals surface area contributed by atoms with Gasteiger partial charge >= 0.3 is 0 Å². The number of likely N-dealkylation sites (N-methyl/N-ethyl adjacent to an activating group) is 2. The number of hydrogen-bond donors (Lipinski definition) is 1. The van der Waals surface area contributed by atoms with Crippen LogP contribution in [0.15, 0.2) is 0 Å². The first-order valence-electron chi connectivity index (χ1n) is 7.97. The molecule has 106 valence electrons. The van der Waals surface area contributed by atoms with E-state index in [4.69, 9.17) is 0 Å². The maximum atomic E-state index is 3.76. The average molecular weight is 253 g/mol. The topological polar surface area (TPSA) is 18.5 Å². The Morgan fingerprint density at radius 1 is 0.944 bits per heavy atom. The zero-order valence-corrected chi connectivity index (χ0v) is 12.3. The molecule has 0 radical (unpaired) electrons. The van der Waals surface area contributed by atoms with Crippen molar-refractivity contribution in [1.82, 2.24) is 15.1 Å². The Labute approximate surface area is 113 Å². The molecule has 0 spiro atoms. The SMILES string of the molecule is CCNC1CCCCCCC1N1CCN(C)CC1. The molecule has 0 aromatic rings. The van der Waals surface area contributed by atoms with Crippen LogP contribution in [-0.2, 0) is 0 Å². The molecule has 1 aliphatic carbocycles. The highest BCUT2D eigenvalue weighted by atomic mass is 15.3. The number of rotatable bonds is 3. The van der Waals surface area contributed by atoms with Gasteiger partial charge in [-0.05, 0) is 26.4 Å². The summed E-state index contributed by atoms with van der Waals surface area (Å²) in [4.78, 5) is 5.22. The minimum Gasteiger partial charge on any atom is -0.313 e. The second kappa shape index (κ2) is 7.46. The second-order valence-corrected chi connectivity index (χ2v) is 6.06. The van der Waals surface area contributed by atoms with E-state index >= 15 is 0 Å². The van der Waals surface area contributed by atoms with Gasteiger partial charge in [-0.3, -0.25) is 4.90 Å². The molecule has 1 heterocycles. The molecule has 0 amide bonds. The van der Waals surface area contributed by atoms with E-state index in [-0.39, 0.29) is 0 Å². The van der Waals surface area contributed by atoms with Crippen LogP contribution in [-0.4, -0.2) is 61.7 Å². The van der Waals surface area contributed by atoms with Crippen molar-refractivity contribution in [3.05, 3.63) is 0 Å². The van der Waals surface area contributed by atoms with E-state index in [0.717, 1.165) is 18.6 Å². The second-order valence-electron chi connectivity index (χ2n) is 6.06. The van der Waals surface area contributed by atoms with Gasteiger partial charge in [0.25, 0.3) is 0 Å². The maximum Gasteiger partial charge on any atom is 0.0250 e. The first kappa shape index (κ1) is 14.3. The van der Waals surface area contributed by atoms with Gasteiger partial charge in [0, 0.05) is 38.3 Å². The predicted molar refractivity (Wildman–Crippen MR) is 78.0 cm³/mol. The van der Waals surface area contributed by atoms with E-state index in [2.05, 4.69) is 29.1 Å². The van der Waals surface area contributed by atoms with E-state index in [0.29, 0.717) is 0 Å². The Morgan fingerprint density at radius 2 is 1.61 bits per heavy atom. The smallest absolute Gasteiger partial charge is 0.0250 e. The van der Waals surface area contributed by atoms with Gasteiger partial charge in [-0.15, -0.1) is 0 Å². The molecule has 2 fully saturated rings.